The maximum atomic E-state index is 13.5. The molecule has 3 aromatic rings. The van der Waals surface area contributed by atoms with Crippen LogP contribution >= 0.6 is 0 Å². The minimum atomic E-state index is -0.502. The molecule has 0 aliphatic rings. The highest BCUT2D eigenvalue weighted by Gasteiger charge is 2.16. The second-order valence-corrected chi connectivity index (χ2v) is 5.24. The first-order valence-corrected chi connectivity index (χ1v) is 7.67. The molecule has 0 radical (unpaired) electrons. The normalized spacial score (nSPS) is 10.5. The van der Waals surface area contributed by atoms with Crippen molar-refractivity contribution < 1.29 is 18.3 Å². The van der Waals surface area contributed by atoms with Crippen molar-refractivity contribution in [2.45, 2.75) is 6.42 Å². The zero-order valence-electron chi connectivity index (χ0n) is 13.5. The fraction of sp³-hybridized carbons (Fsp3) is 0.167. The van der Waals surface area contributed by atoms with E-state index in [0.717, 1.165) is 0 Å². The highest BCUT2D eigenvalue weighted by Crippen LogP contribution is 2.22. The summed E-state index contributed by atoms with van der Waals surface area (Å²) in [6.45, 7) is 0.261. The van der Waals surface area contributed by atoms with E-state index in [2.05, 4.69) is 15.5 Å². The van der Waals surface area contributed by atoms with Gasteiger partial charge in [0.2, 0.25) is 5.89 Å². The molecular formula is C18H16FN3O3. The van der Waals surface area contributed by atoms with Gasteiger partial charge in [-0.1, -0.05) is 24.3 Å². The molecule has 0 saturated heterocycles. The quantitative estimate of drug-likeness (QED) is 0.746. The van der Waals surface area contributed by atoms with E-state index in [1.54, 1.807) is 49.6 Å². The number of benzene rings is 2. The molecule has 1 N–H and O–H groups in total. The Bertz CT molecular complexity index is 879. The number of carbonyl (C=O) groups is 1. The van der Waals surface area contributed by atoms with E-state index in [1.165, 1.54) is 6.07 Å². The molecule has 0 saturated carbocycles. The number of carbonyl (C=O) groups excluding carboxylic acids is 1. The van der Waals surface area contributed by atoms with E-state index < -0.39 is 5.91 Å². The van der Waals surface area contributed by atoms with Crippen molar-refractivity contribution in [3.05, 3.63) is 65.8 Å². The fourth-order valence-electron chi connectivity index (χ4n) is 2.28. The van der Waals surface area contributed by atoms with Crippen LogP contribution in [0, 0.1) is 5.82 Å². The number of aromatic nitrogens is 2. The monoisotopic (exact) mass is 341 g/mol. The number of rotatable bonds is 6. The van der Waals surface area contributed by atoms with Gasteiger partial charge in [-0.15, -0.1) is 10.2 Å². The van der Waals surface area contributed by atoms with E-state index in [0.29, 0.717) is 23.3 Å². The first-order valence-electron chi connectivity index (χ1n) is 7.67. The van der Waals surface area contributed by atoms with Crippen LogP contribution in [-0.4, -0.2) is 29.8 Å². The van der Waals surface area contributed by atoms with Gasteiger partial charge in [0.25, 0.3) is 0 Å². The number of amides is 1. The molecule has 0 bridgehead atoms. The number of nitrogens with zero attached hydrogens (tertiary/aromatic N) is 2. The van der Waals surface area contributed by atoms with Crippen LogP contribution in [0.3, 0.4) is 0 Å². The molecule has 0 spiro atoms. The van der Waals surface area contributed by atoms with Gasteiger partial charge in [-0.2, -0.15) is 0 Å². The average molecular weight is 341 g/mol. The van der Waals surface area contributed by atoms with Crippen LogP contribution in [0.25, 0.3) is 11.5 Å². The van der Waals surface area contributed by atoms with Crippen molar-refractivity contribution in [2.24, 2.45) is 0 Å². The Morgan fingerprint density at radius 1 is 1.20 bits per heavy atom. The largest absolute Gasteiger partial charge is 0.497 e. The minimum absolute atomic E-state index is 0.147. The number of nitrogens with one attached hydrogen (secondary N) is 1. The minimum Gasteiger partial charge on any atom is -0.497 e. The molecule has 1 amide bonds. The molecule has 1 heterocycles. The summed E-state index contributed by atoms with van der Waals surface area (Å²) >= 11 is 0. The summed E-state index contributed by atoms with van der Waals surface area (Å²) in [6, 6.07) is 13.5. The van der Waals surface area contributed by atoms with Gasteiger partial charge < -0.3 is 14.5 Å². The summed E-state index contributed by atoms with van der Waals surface area (Å²) in [5.74, 6) is -0.0797. The number of hydrogen-bond donors (Lipinski definition) is 1. The van der Waals surface area contributed by atoms with Crippen molar-refractivity contribution in [1.29, 1.82) is 0 Å². The van der Waals surface area contributed by atoms with Gasteiger partial charge in [0.05, 0.1) is 7.11 Å². The van der Waals surface area contributed by atoms with Crippen LogP contribution in [0.15, 0.2) is 52.9 Å². The lowest BCUT2D eigenvalue weighted by atomic mass is 10.1. The third-order valence-corrected chi connectivity index (χ3v) is 3.57. The Morgan fingerprint density at radius 2 is 2.04 bits per heavy atom. The topological polar surface area (TPSA) is 77.2 Å². The molecule has 0 atom stereocenters. The van der Waals surface area contributed by atoms with E-state index >= 15 is 0 Å². The lowest BCUT2D eigenvalue weighted by molar-refractivity contribution is 0.0920. The Morgan fingerprint density at radius 3 is 2.84 bits per heavy atom. The molecule has 0 aliphatic heterocycles. The third kappa shape index (κ3) is 4.00. The average Bonchev–Trinajstić information content (AvgIpc) is 3.13. The first-order chi connectivity index (χ1) is 12.2. The van der Waals surface area contributed by atoms with Crippen molar-refractivity contribution in [1.82, 2.24) is 15.5 Å². The molecule has 25 heavy (non-hydrogen) atoms. The molecule has 0 fully saturated rings. The Labute approximate surface area is 143 Å². The van der Waals surface area contributed by atoms with Crippen LogP contribution in [-0.2, 0) is 6.42 Å². The number of halogens is 1. The smallest absolute Gasteiger partial charge is 0.308 e. The fourth-order valence-corrected chi connectivity index (χ4v) is 2.28. The van der Waals surface area contributed by atoms with E-state index in [-0.39, 0.29) is 24.1 Å². The molecule has 1 aromatic heterocycles. The molecule has 2 aromatic carbocycles. The summed E-state index contributed by atoms with van der Waals surface area (Å²) in [7, 11) is 1.56. The Kier molecular flexibility index (Phi) is 5.03. The van der Waals surface area contributed by atoms with Crippen LogP contribution in [0.2, 0.25) is 0 Å². The van der Waals surface area contributed by atoms with Crippen molar-refractivity contribution in [2.75, 3.05) is 13.7 Å². The first kappa shape index (κ1) is 16.6. The summed E-state index contributed by atoms with van der Waals surface area (Å²) in [5.41, 5.74) is 1.18. The van der Waals surface area contributed by atoms with Gasteiger partial charge in [-0.25, -0.2) is 4.39 Å². The molecule has 6 nitrogen and oxygen atoms in total. The van der Waals surface area contributed by atoms with E-state index in [4.69, 9.17) is 9.15 Å². The van der Waals surface area contributed by atoms with Crippen LogP contribution in [0.5, 0.6) is 5.75 Å². The lowest BCUT2D eigenvalue weighted by Crippen LogP contribution is -2.26. The highest BCUT2D eigenvalue weighted by molar-refractivity contribution is 5.89. The van der Waals surface area contributed by atoms with Gasteiger partial charge in [0, 0.05) is 12.1 Å². The third-order valence-electron chi connectivity index (χ3n) is 3.57. The lowest BCUT2D eigenvalue weighted by Gasteiger charge is -2.03. The van der Waals surface area contributed by atoms with Gasteiger partial charge in [-0.05, 0) is 36.2 Å². The van der Waals surface area contributed by atoms with Crippen LogP contribution in [0.4, 0.5) is 4.39 Å². The van der Waals surface area contributed by atoms with Gasteiger partial charge >= 0.3 is 11.8 Å². The zero-order valence-corrected chi connectivity index (χ0v) is 13.5. The maximum Gasteiger partial charge on any atom is 0.308 e. The summed E-state index contributed by atoms with van der Waals surface area (Å²) in [5, 5.41) is 10.3. The molecule has 128 valence electrons. The second-order valence-electron chi connectivity index (χ2n) is 5.24. The highest BCUT2D eigenvalue weighted by atomic mass is 19.1. The predicted octanol–water partition coefficient (Wildman–Crippen LogP) is 2.86. The maximum absolute atomic E-state index is 13.5. The molecule has 7 heteroatoms. The SMILES string of the molecule is COc1cccc(-c2nnc(C(=O)NCCc3ccccc3F)o2)c1. The number of hydrogen-bond acceptors (Lipinski definition) is 5. The van der Waals surface area contributed by atoms with E-state index in [9.17, 15) is 9.18 Å². The second kappa shape index (κ2) is 7.57. The summed E-state index contributed by atoms with van der Waals surface area (Å²) in [4.78, 5) is 12.1. The van der Waals surface area contributed by atoms with Crippen molar-refractivity contribution in [3.63, 3.8) is 0 Å². The van der Waals surface area contributed by atoms with Crippen molar-refractivity contribution >= 4 is 5.91 Å². The van der Waals surface area contributed by atoms with Crippen LogP contribution < -0.4 is 10.1 Å². The molecular weight excluding hydrogens is 325 g/mol. The van der Waals surface area contributed by atoms with E-state index in [1.807, 2.05) is 0 Å². The standard InChI is InChI=1S/C18H16FN3O3/c1-24-14-7-4-6-13(11-14)17-21-22-18(25-17)16(23)20-10-9-12-5-2-3-8-15(12)19/h2-8,11H,9-10H2,1H3,(H,20,23). The van der Waals surface area contributed by atoms with Gasteiger partial charge in [0.15, 0.2) is 0 Å². The molecule has 0 aliphatic carbocycles. The van der Waals surface area contributed by atoms with Crippen LogP contribution in [0.1, 0.15) is 16.2 Å². The molecule has 3 rings (SSSR count). The molecule has 0 unspecified atom stereocenters. The number of ether oxygens (including phenoxy) is 1. The Hall–Kier alpha value is -3.22. The van der Waals surface area contributed by atoms with Crippen molar-refractivity contribution in [3.8, 4) is 17.2 Å². The summed E-state index contributed by atoms with van der Waals surface area (Å²) in [6.07, 6.45) is 0.370. The summed E-state index contributed by atoms with van der Waals surface area (Å²) < 4.78 is 24.1. The van der Waals surface area contributed by atoms with Gasteiger partial charge in [-0.3, -0.25) is 4.79 Å². The number of methoxy groups -OCH3 is 1. The zero-order chi connectivity index (χ0) is 17.6. The predicted molar refractivity (Wildman–Crippen MR) is 88.7 cm³/mol. The Balaban J connectivity index is 1.61. The van der Waals surface area contributed by atoms with Gasteiger partial charge in [0.1, 0.15) is 11.6 Å².